The Morgan fingerprint density at radius 3 is 2.21 bits per heavy atom. The lowest BCUT2D eigenvalue weighted by molar-refractivity contribution is -0.00653. The number of ether oxygens (including phenoxy) is 1. The van der Waals surface area contributed by atoms with Gasteiger partial charge in [0.1, 0.15) is 5.75 Å². The van der Waals surface area contributed by atoms with Crippen molar-refractivity contribution in [1.82, 2.24) is 4.98 Å². The Labute approximate surface area is 233 Å². The second-order valence-electron chi connectivity index (χ2n) is 13.5. The highest BCUT2D eigenvalue weighted by Crippen LogP contribution is 2.62. The summed E-state index contributed by atoms with van der Waals surface area (Å²) in [7, 11) is 0. The van der Waals surface area contributed by atoms with Gasteiger partial charge in [-0.1, -0.05) is 45.0 Å². The zero-order chi connectivity index (χ0) is 27.1. The van der Waals surface area contributed by atoms with Crippen LogP contribution in [0.3, 0.4) is 0 Å². The second-order valence-corrected chi connectivity index (χ2v) is 13.5. The molecule has 1 atom stereocenters. The molecule has 2 aromatic carbocycles. The van der Waals surface area contributed by atoms with Gasteiger partial charge in [-0.2, -0.15) is 0 Å². The summed E-state index contributed by atoms with van der Waals surface area (Å²) in [5, 5.41) is 9.17. The van der Waals surface area contributed by atoms with Crippen molar-refractivity contribution < 1.29 is 14.6 Å². The molecule has 0 aliphatic heterocycles. The molecule has 7 rings (SSSR count). The van der Waals surface area contributed by atoms with Gasteiger partial charge in [-0.15, -0.1) is 0 Å². The Hall–Kier alpha value is -3.01. The smallest absolute Gasteiger partial charge is 0.335 e. The van der Waals surface area contributed by atoms with Crippen molar-refractivity contribution in [2.75, 3.05) is 6.61 Å². The van der Waals surface area contributed by atoms with E-state index < -0.39 is 5.97 Å². The van der Waals surface area contributed by atoms with Crippen LogP contribution in [0.4, 0.5) is 0 Å². The highest BCUT2D eigenvalue weighted by atomic mass is 16.5. The fourth-order valence-corrected chi connectivity index (χ4v) is 8.31. The van der Waals surface area contributed by atoms with Gasteiger partial charge in [0, 0.05) is 17.0 Å². The van der Waals surface area contributed by atoms with Crippen molar-refractivity contribution in [3.63, 3.8) is 0 Å². The zero-order valence-corrected chi connectivity index (χ0v) is 23.7. The maximum Gasteiger partial charge on any atom is 0.335 e. The van der Waals surface area contributed by atoms with Crippen LogP contribution in [0.2, 0.25) is 0 Å². The van der Waals surface area contributed by atoms with E-state index in [1.807, 2.05) is 12.1 Å². The SMILES string of the molecule is CC(C)COc1ccc(CC(C)Cc2ccc(-c3ccc(C(=O)O)cc3)[nH]2)cc1C12CC3CC(CC(C3)C1)C2. The predicted octanol–water partition coefficient (Wildman–Crippen LogP) is 8.30. The monoisotopic (exact) mass is 525 g/mol. The molecule has 1 heterocycles. The quantitative estimate of drug-likeness (QED) is 0.280. The van der Waals surface area contributed by atoms with Gasteiger partial charge in [-0.05, 0) is 128 Å². The summed E-state index contributed by atoms with van der Waals surface area (Å²) >= 11 is 0. The van der Waals surface area contributed by atoms with Crippen molar-refractivity contribution >= 4 is 5.97 Å². The number of carbonyl (C=O) groups is 1. The second kappa shape index (κ2) is 10.5. The summed E-state index contributed by atoms with van der Waals surface area (Å²) in [5.74, 6) is 4.02. The van der Waals surface area contributed by atoms with Crippen molar-refractivity contribution in [3.8, 4) is 17.0 Å². The molecule has 0 amide bonds. The molecule has 3 aromatic rings. The average Bonchev–Trinajstić information content (AvgIpc) is 3.35. The van der Waals surface area contributed by atoms with E-state index in [1.54, 1.807) is 12.1 Å². The molecular formula is C35H43NO3. The molecule has 1 aromatic heterocycles. The van der Waals surface area contributed by atoms with Crippen LogP contribution in [-0.2, 0) is 18.3 Å². The topological polar surface area (TPSA) is 62.3 Å². The molecule has 4 heteroatoms. The highest BCUT2D eigenvalue weighted by Gasteiger charge is 2.52. The Kier molecular flexibility index (Phi) is 7.07. The van der Waals surface area contributed by atoms with E-state index in [0.29, 0.717) is 22.8 Å². The molecule has 0 spiro atoms. The Balaban J connectivity index is 1.18. The van der Waals surface area contributed by atoms with Crippen LogP contribution in [0, 0.1) is 29.6 Å². The van der Waals surface area contributed by atoms with Crippen LogP contribution in [-0.4, -0.2) is 22.7 Å². The largest absolute Gasteiger partial charge is 0.493 e. The summed E-state index contributed by atoms with van der Waals surface area (Å²) in [6.45, 7) is 7.59. The molecule has 39 heavy (non-hydrogen) atoms. The average molecular weight is 526 g/mol. The number of hydrogen-bond acceptors (Lipinski definition) is 2. The van der Waals surface area contributed by atoms with Gasteiger partial charge >= 0.3 is 5.97 Å². The third-order valence-corrected chi connectivity index (χ3v) is 9.57. The van der Waals surface area contributed by atoms with Crippen LogP contribution in [0.1, 0.15) is 86.5 Å². The lowest BCUT2D eigenvalue weighted by Gasteiger charge is -2.57. The van der Waals surface area contributed by atoms with Crippen LogP contribution >= 0.6 is 0 Å². The number of aromatic carboxylic acids is 1. The first-order valence-corrected chi connectivity index (χ1v) is 15.0. The number of nitrogens with one attached hydrogen (secondary N) is 1. The molecular weight excluding hydrogens is 482 g/mol. The van der Waals surface area contributed by atoms with E-state index in [1.165, 1.54) is 55.3 Å². The fraction of sp³-hybridized carbons (Fsp3) is 0.514. The number of carboxylic acids is 1. The predicted molar refractivity (Wildman–Crippen MR) is 156 cm³/mol. The van der Waals surface area contributed by atoms with E-state index in [-0.39, 0.29) is 0 Å². The minimum atomic E-state index is -0.895. The van der Waals surface area contributed by atoms with E-state index in [4.69, 9.17) is 9.84 Å². The van der Waals surface area contributed by atoms with Crippen molar-refractivity contribution in [2.45, 2.75) is 77.6 Å². The van der Waals surface area contributed by atoms with Crippen molar-refractivity contribution in [1.29, 1.82) is 0 Å². The van der Waals surface area contributed by atoms with E-state index in [0.717, 1.165) is 54.2 Å². The van der Waals surface area contributed by atoms with Crippen LogP contribution in [0.15, 0.2) is 54.6 Å². The molecule has 4 saturated carbocycles. The number of aromatic nitrogens is 1. The first-order valence-electron chi connectivity index (χ1n) is 15.0. The molecule has 206 valence electrons. The Bertz CT molecular complexity index is 1280. The number of benzene rings is 2. The fourth-order valence-electron chi connectivity index (χ4n) is 8.31. The van der Waals surface area contributed by atoms with Crippen molar-refractivity contribution in [2.24, 2.45) is 29.6 Å². The molecule has 4 aliphatic rings. The van der Waals surface area contributed by atoms with Gasteiger partial charge in [0.25, 0.3) is 0 Å². The molecule has 4 fully saturated rings. The summed E-state index contributed by atoms with van der Waals surface area (Å²) in [4.78, 5) is 14.7. The highest BCUT2D eigenvalue weighted by molar-refractivity contribution is 5.88. The maximum absolute atomic E-state index is 11.2. The molecule has 4 bridgehead atoms. The first kappa shape index (κ1) is 26.2. The third-order valence-electron chi connectivity index (χ3n) is 9.57. The van der Waals surface area contributed by atoms with Crippen LogP contribution in [0.25, 0.3) is 11.3 Å². The summed E-state index contributed by atoms with van der Waals surface area (Å²) in [6.07, 6.45) is 10.5. The molecule has 4 aliphatic carbocycles. The third kappa shape index (κ3) is 5.53. The molecule has 2 N–H and O–H groups in total. The molecule has 0 saturated heterocycles. The first-order chi connectivity index (χ1) is 18.8. The van der Waals surface area contributed by atoms with Gasteiger partial charge in [0.15, 0.2) is 0 Å². The van der Waals surface area contributed by atoms with E-state index in [2.05, 4.69) is 56.1 Å². The minimum absolute atomic E-state index is 0.313. The van der Waals surface area contributed by atoms with Gasteiger partial charge < -0.3 is 14.8 Å². The van der Waals surface area contributed by atoms with Gasteiger partial charge in [-0.3, -0.25) is 0 Å². The summed E-state index contributed by atoms with van der Waals surface area (Å²) in [6, 6.07) is 18.5. The number of H-pyrrole nitrogens is 1. The lowest BCUT2D eigenvalue weighted by atomic mass is 9.48. The standard InChI is InChI=1S/C35H43NO3/c1-22(2)21-39-33-11-4-24(17-31(33)35-18-25-14-26(19-35)16-27(15-25)20-35)12-23(3)13-30-9-10-32(36-30)28-5-7-29(8-6-28)34(37)38/h4-11,17,22-23,25-27,36H,12-16,18-21H2,1-3H3,(H,37,38). The van der Waals surface area contributed by atoms with Gasteiger partial charge in [0.2, 0.25) is 0 Å². The Morgan fingerprint density at radius 1 is 0.923 bits per heavy atom. The van der Waals surface area contributed by atoms with Crippen LogP contribution in [0.5, 0.6) is 5.75 Å². The van der Waals surface area contributed by atoms with Crippen molar-refractivity contribution in [3.05, 3.63) is 77.0 Å². The Morgan fingerprint density at radius 2 is 1.59 bits per heavy atom. The molecule has 1 unspecified atom stereocenters. The number of aromatic amines is 1. The van der Waals surface area contributed by atoms with Gasteiger partial charge in [-0.25, -0.2) is 4.79 Å². The summed E-state index contributed by atoms with van der Waals surface area (Å²) in [5.41, 5.74) is 6.84. The number of rotatable bonds is 10. The molecule has 0 radical (unpaired) electrons. The van der Waals surface area contributed by atoms with Gasteiger partial charge in [0.05, 0.1) is 12.2 Å². The van der Waals surface area contributed by atoms with E-state index in [9.17, 15) is 4.79 Å². The lowest BCUT2D eigenvalue weighted by Crippen LogP contribution is -2.48. The van der Waals surface area contributed by atoms with E-state index >= 15 is 0 Å². The maximum atomic E-state index is 11.2. The zero-order valence-electron chi connectivity index (χ0n) is 23.7. The van der Waals surface area contributed by atoms with Crippen LogP contribution < -0.4 is 4.74 Å². The summed E-state index contributed by atoms with van der Waals surface area (Å²) < 4.78 is 6.47. The number of carboxylic acid groups (broad SMARTS) is 1. The number of hydrogen-bond donors (Lipinski definition) is 2. The normalized spacial score (nSPS) is 26.2. The molecule has 4 nitrogen and oxygen atoms in total. The minimum Gasteiger partial charge on any atom is -0.493 e.